The van der Waals surface area contributed by atoms with Crippen LogP contribution in [0.25, 0.3) is 0 Å². The molecule has 2 amide bonds. The zero-order valence-corrected chi connectivity index (χ0v) is 12.9. The van der Waals surface area contributed by atoms with Crippen molar-refractivity contribution in [1.29, 1.82) is 0 Å². The van der Waals surface area contributed by atoms with Crippen molar-refractivity contribution in [3.05, 3.63) is 0 Å². The van der Waals surface area contributed by atoms with Gasteiger partial charge in [0.2, 0.25) is 11.8 Å². The Balaban J connectivity index is 4.03. The van der Waals surface area contributed by atoms with E-state index in [0.717, 1.165) is 0 Å². The topological polar surface area (TPSA) is 97.0 Å². The minimum atomic E-state index is -0.316. The predicted molar refractivity (Wildman–Crippen MR) is 76.6 cm³/mol. The lowest BCUT2D eigenvalue weighted by atomic mass is 10.3. The average molecular weight is 303 g/mol. The molecule has 0 saturated carbocycles. The molecule has 0 aliphatic rings. The van der Waals surface area contributed by atoms with E-state index in [2.05, 4.69) is 15.4 Å². The third kappa shape index (κ3) is 11.8. The van der Waals surface area contributed by atoms with Gasteiger partial charge in [0.25, 0.3) is 0 Å². The van der Waals surface area contributed by atoms with Gasteiger partial charge in [-0.05, 0) is 0 Å². The van der Waals surface area contributed by atoms with E-state index >= 15 is 0 Å². The fourth-order valence-corrected chi connectivity index (χ4v) is 1.54. The molecule has 8 nitrogen and oxygen atoms in total. The first-order valence-corrected chi connectivity index (χ1v) is 6.78. The summed E-state index contributed by atoms with van der Waals surface area (Å²) >= 11 is 0. The van der Waals surface area contributed by atoms with Crippen LogP contribution in [0.1, 0.15) is 13.3 Å². The number of esters is 1. The first kappa shape index (κ1) is 19.3. The molecule has 0 radical (unpaired) electrons. The Morgan fingerprint density at radius 3 is 2.29 bits per heavy atom. The van der Waals surface area contributed by atoms with Crippen molar-refractivity contribution in [1.82, 2.24) is 15.5 Å². The Bertz CT molecular complexity index is 336. The van der Waals surface area contributed by atoms with E-state index in [-0.39, 0.29) is 30.7 Å². The molecule has 0 aliphatic heterocycles. The Morgan fingerprint density at radius 2 is 1.71 bits per heavy atom. The third-order valence-corrected chi connectivity index (χ3v) is 2.66. The van der Waals surface area contributed by atoms with Crippen LogP contribution in [0, 0.1) is 0 Å². The highest BCUT2D eigenvalue weighted by Gasteiger charge is 2.12. The molecule has 0 unspecified atom stereocenters. The van der Waals surface area contributed by atoms with E-state index < -0.39 is 0 Å². The summed E-state index contributed by atoms with van der Waals surface area (Å²) in [5.41, 5.74) is 0. The van der Waals surface area contributed by atoms with Crippen molar-refractivity contribution in [3.63, 3.8) is 0 Å². The van der Waals surface area contributed by atoms with Crippen LogP contribution in [0.2, 0.25) is 0 Å². The second-order valence-corrected chi connectivity index (χ2v) is 4.43. The quantitative estimate of drug-likeness (QED) is 0.366. The maximum atomic E-state index is 11.8. The van der Waals surface area contributed by atoms with Gasteiger partial charge < -0.3 is 20.1 Å². The van der Waals surface area contributed by atoms with E-state index in [1.807, 2.05) is 4.90 Å². The van der Waals surface area contributed by atoms with Crippen LogP contribution < -0.4 is 10.6 Å². The van der Waals surface area contributed by atoms with Crippen molar-refractivity contribution in [2.75, 3.05) is 53.6 Å². The number of carbonyl (C=O) groups is 3. The van der Waals surface area contributed by atoms with Gasteiger partial charge in [0.15, 0.2) is 0 Å². The SMILES string of the molecule is COCCN(CCC(=O)OC)CC(=O)NCCNC(C)=O. The molecule has 0 aromatic rings. The molecule has 0 aromatic heterocycles. The summed E-state index contributed by atoms with van der Waals surface area (Å²) in [7, 11) is 2.91. The van der Waals surface area contributed by atoms with Crippen LogP contribution >= 0.6 is 0 Å². The van der Waals surface area contributed by atoms with Crippen molar-refractivity contribution < 1.29 is 23.9 Å². The first-order valence-electron chi connectivity index (χ1n) is 6.78. The fourth-order valence-electron chi connectivity index (χ4n) is 1.54. The molecular formula is C13H25N3O5. The van der Waals surface area contributed by atoms with Gasteiger partial charge in [0.1, 0.15) is 0 Å². The first-order chi connectivity index (χ1) is 9.99. The molecule has 122 valence electrons. The summed E-state index contributed by atoms with van der Waals surface area (Å²) < 4.78 is 9.55. The number of methoxy groups -OCH3 is 2. The second kappa shape index (κ2) is 12.1. The highest BCUT2D eigenvalue weighted by Crippen LogP contribution is 1.94. The van der Waals surface area contributed by atoms with Gasteiger partial charge in [-0.25, -0.2) is 0 Å². The normalized spacial score (nSPS) is 10.3. The van der Waals surface area contributed by atoms with Gasteiger partial charge in [0.05, 0.1) is 26.7 Å². The summed E-state index contributed by atoms with van der Waals surface area (Å²) in [6.45, 7) is 3.79. The summed E-state index contributed by atoms with van der Waals surface area (Å²) in [5, 5.41) is 5.28. The van der Waals surface area contributed by atoms with Crippen molar-refractivity contribution in [2.45, 2.75) is 13.3 Å². The highest BCUT2D eigenvalue weighted by atomic mass is 16.5. The Morgan fingerprint density at radius 1 is 1.05 bits per heavy atom. The van der Waals surface area contributed by atoms with E-state index in [0.29, 0.717) is 32.8 Å². The molecule has 0 bridgehead atoms. The molecule has 0 fully saturated rings. The molecule has 0 aromatic carbocycles. The Kier molecular flexibility index (Phi) is 11.1. The number of ether oxygens (including phenoxy) is 2. The molecular weight excluding hydrogens is 278 g/mol. The number of carbonyl (C=O) groups excluding carboxylic acids is 3. The lowest BCUT2D eigenvalue weighted by Crippen LogP contribution is -2.42. The maximum Gasteiger partial charge on any atom is 0.306 e. The van der Waals surface area contributed by atoms with Crippen molar-refractivity contribution in [3.8, 4) is 0 Å². The number of amides is 2. The minimum absolute atomic E-state index is 0.135. The van der Waals surface area contributed by atoms with Crippen LogP contribution in [0.5, 0.6) is 0 Å². The molecule has 0 aliphatic carbocycles. The lowest BCUT2D eigenvalue weighted by molar-refractivity contribution is -0.141. The Labute approximate surface area is 125 Å². The maximum absolute atomic E-state index is 11.8. The zero-order chi connectivity index (χ0) is 16.1. The molecule has 0 saturated heterocycles. The molecule has 0 heterocycles. The van der Waals surface area contributed by atoms with E-state index in [1.54, 1.807) is 7.11 Å². The van der Waals surface area contributed by atoms with E-state index in [1.165, 1.54) is 14.0 Å². The molecule has 0 rings (SSSR count). The summed E-state index contributed by atoms with van der Waals surface area (Å²) in [6, 6.07) is 0. The number of rotatable bonds is 11. The van der Waals surface area contributed by atoms with E-state index in [9.17, 15) is 14.4 Å². The monoisotopic (exact) mass is 303 g/mol. The average Bonchev–Trinajstić information content (AvgIpc) is 2.45. The smallest absolute Gasteiger partial charge is 0.306 e. The highest BCUT2D eigenvalue weighted by molar-refractivity contribution is 5.78. The summed E-state index contributed by atoms with van der Waals surface area (Å²) in [4.78, 5) is 35.4. The van der Waals surface area contributed by atoms with Gasteiger partial charge in [-0.2, -0.15) is 0 Å². The van der Waals surface area contributed by atoms with Crippen molar-refractivity contribution in [2.24, 2.45) is 0 Å². The molecule has 8 heteroatoms. The lowest BCUT2D eigenvalue weighted by Gasteiger charge is -2.20. The summed E-state index contributed by atoms with van der Waals surface area (Å²) in [6.07, 6.45) is 0.222. The van der Waals surface area contributed by atoms with Crippen LogP contribution in [-0.2, 0) is 23.9 Å². The van der Waals surface area contributed by atoms with Gasteiger partial charge >= 0.3 is 5.97 Å². The van der Waals surface area contributed by atoms with Crippen molar-refractivity contribution >= 4 is 17.8 Å². The standard InChI is InChI=1S/C13H25N3O5/c1-11(17)14-5-6-15-12(18)10-16(8-9-20-2)7-4-13(19)21-3/h4-10H2,1-3H3,(H,14,17)(H,15,18). The molecule has 0 spiro atoms. The fraction of sp³-hybridized carbons (Fsp3) is 0.769. The van der Waals surface area contributed by atoms with Gasteiger partial charge in [-0.3, -0.25) is 19.3 Å². The molecule has 0 atom stereocenters. The van der Waals surface area contributed by atoms with Gasteiger partial charge in [-0.1, -0.05) is 0 Å². The Hall–Kier alpha value is -1.67. The largest absolute Gasteiger partial charge is 0.469 e. The predicted octanol–water partition coefficient (Wildman–Crippen LogP) is -1.25. The molecule has 21 heavy (non-hydrogen) atoms. The second-order valence-electron chi connectivity index (χ2n) is 4.43. The van der Waals surface area contributed by atoms with Crippen LogP contribution in [0.4, 0.5) is 0 Å². The number of hydrogen-bond donors (Lipinski definition) is 2. The molecule has 2 N–H and O–H groups in total. The summed E-state index contributed by atoms with van der Waals surface area (Å²) in [5.74, 6) is -0.617. The number of nitrogens with one attached hydrogen (secondary N) is 2. The van der Waals surface area contributed by atoms with E-state index in [4.69, 9.17) is 4.74 Å². The van der Waals surface area contributed by atoms with Crippen LogP contribution in [-0.4, -0.2) is 76.2 Å². The minimum Gasteiger partial charge on any atom is -0.469 e. The third-order valence-electron chi connectivity index (χ3n) is 2.66. The van der Waals surface area contributed by atoms with Crippen LogP contribution in [0.3, 0.4) is 0 Å². The number of nitrogens with zero attached hydrogens (tertiary/aromatic N) is 1. The van der Waals surface area contributed by atoms with Gasteiger partial charge in [-0.15, -0.1) is 0 Å². The number of hydrogen-bond acceptors (Lipinski definition) is 6. The zero-order valence-electron chi connectivity index (χ0n) is 12.9. The van der Waals surface area contributed by atoms with Crippen LogP contribution in [0.15, 0.2) is 0 Å². The van der Waals surface area contributed by atoms with Gasteiger partial charge in [0, 0.05) is 40.2 Å².